The number of nitro groups is 1. The van der Waals surface area contributed by atoms with Gasteiger partial charge in [0.25, 0.3) is 5.91 Å². The van der Waals surface area contributed by atoms with Crippen LogP contribution in [-0.2, 0) is 19.6 Å². The van der Waals surface area contributed by atoms with Crippen LogP contribution in [0, 0.1) is 24.0 Å². The summed E-state index contributed by atoms with van der Waals surface area (Å²) in [5.74, 6) is -0.169. The van der Waals surface area contributed by atoms with E-state index in [-0.39, 0.29) is 11.6 Å². The van der Waals surface area contributed by atoms with E-state index >= 15 is 0 Å². The molecule has 9 nitrogen and oxygen atoms in total. The summed E-state index contributed by atoms with van der Waals surface area (Å²) in [5.41, 5.74) is 3.34. The fourth-order valence-electron chi connectivity index (χ4n) is 3.11. The molecule has 1 N–H and O–H groups in total. The Morgan fingerprint density at radius 2 is 1.89 bits per heavy atom. The molecule has 0 saturated carbocycles. The van der Waals surface area contributed by atoms with Crippen molar-refractivity contribution in [3.8, 4) is 0 Å². The summed E-state index contributed by atoms with van der Waals surface area (Å²) in [6.45, 7) is 6.86. The van der Waals surface area contributed by atoms with Gasteiger partial charge < -0.3 is 5.32 Å². The highest BCUT2D eigenvalue weighted by molar-refractivity contribution is 5.94. The van der Waals surface area contributed by atoms with Gasteiger partial charge in [0.05, 0.1) is 23.7 Å². The summed E-state index contributed by atoms with van der Waals surface area (Å²) >= 11 is 0. The topological polar surface area (TPSA) is 108 Å². The van der Waals surface area contributed by atoms with Crippen LogP contribution >= 0.6 is 0 Å². The average Bonchev–Trinajstić information content (AvgIpc) is 3.24. The van der Waals surface area contributed by atoms with Crippen LogP contribution in [0.2, 0.25) is 0 Å². The third kappa shape index (κ3) is 3.93. The predicted molar refractivity (Wildman–Crippen MR) is 103 cm³/mol. The molecule has 0 spiro atoms. The van der Waals surface area contributed by atoms with E-state index in [0.717, 1.165) is 17.8 Å². The number of rotatable bonds is 7. The van der Waals surface area contributed by atoms with Gasteiger partial charge in [0.2, 0.25) is 0 Å². The molecule has 2 heterocycles. The summed E-state index contributed by atoms with van der Waals surface area (Å²) in [6.07, 6.45) is 1.71. The normalized spacial score (nSPS) is 10.8. The molecule has 146 valence electrons. The molecular formula is C19H22N6O3. The monoisotopic (exact) mass is 382 g/mol. The molecule has 0 aliphatic heterocycles. The molecule has 1 aromatic carbocycles. The molecule has 0 radical (unpaired) electrons. The van der Waals surface area contributed by atoms with Gasteiger partial charge in [0.1, 0.15) is 11.4 Å². The van der Waals surface area contributed by atoms with Gasteiger partial charge >= 0.3 is 5.69 Å². The highest BCUT2D eigenvalue weighted by atomic mass is 16.6. The second-order valence-corrected chi connectivity index (χ2v) is 6.45. The fraction of sp³-hybridized carbons (Fsp3) is 0.316. The average molecular weight is 382 g/mol. The number of benzene rings is 1. The van der Waals surface area contributed by atoms with Gasteiger partial charge in [-0.25, -0.2) is 0 Å². The SMILES string of the molecule is CCn1nccc1CNC(=O)c1ccc(Cn2nc(C)c([N+](=O)[O-])c2C)cc1. The summed E-state index contributed by atoms with van der Waals surface area (Å²) in [7, 11) is 0. The van der Waals surface area contributed by atoms with E-state index in [4.69, 9.17) is 0 Å². The second kappa shape index (κ2) is 8.03. The fourth-order valence-corrected chi connectivity index (χ4v) is 3.11. The van der Waals surface area contributed by atoms with E-state index in [1.165, 1.54) is 0 Å². The Bertz CT molecular complexity index is 1000. The molecule has 0 saturated heterocycles. The minimum Gasteiger partial charge on any atom is -0.346 e. The standard InChI is InChI=1S/C19H22N6O3/c1-4-23-17(9-10-21-23)11-20-19(26)16-7-5-15(6-8-16)12-24-14(3)18(25(27)28)13(2)22-24/h5-10H,4,11-12H2,1-3H3,(H,20,26). The molecule has 2 aromatic heterocycles. The van der Waals surface area contributed by atoms with Gasteiger partial charge in [-0.15, -0.1) is 0 Å². The highest BCUT2D eigenvalue weighted by Gasteiger charge is 2.21. The molecular weight excluding hydrogens is 360 g/mol. The van der Waals surface area contributed by atoms with Gasteiger partial charge in [-0.05, 0) is 44.5 Å². The van der Waals surface area contributed by atoms with Gasteiger partial charge in [0.15, 0.2) is 0 Å². The Morgan fingerprint density at radius 1 is 1.18 bits per heavy atom. The molecule has 1 amide bonds. The third-order valence-electron chi connectivity index (χ3n) is 4.61. The second-order valence-electron chi connectivity index (χ2n) is 6.45. The van der Waals surface area contributed by atoms with Crippen molar-refractivity contribution < 1.29 is 9.72 Å². The number of aromatic nitrogens is 4. The van der Waals surface area contributed by atoms with Crippen LogP contribution in [-0.4, -0.2) is 30.4 Å². The minimum atomic E-state index is -0.411. The lowest BCUT2D eigenvalue weighted by Gasteiger charge is -2.08. The molecule has 0 unspecified atom stereocenters. The van der Waals surface area contributed by atoms with Crippen molar-refractivity contribution >= 4 is 11.6 Å². The van der Waals surface area contributed by atoms with E-state index < -0.39 is 4.92 Å². The number of nitrogens with one attached hydrogen (secondary N) is 1. The summed E-state index contributed by atoms with van der Waals surface area (Å²) in [5, 5.41) is 22.4. The first kappa shape index (κ1) is 19.3. The van der Waals surface area contributed by atoms with Gasteiger partial charge in [-0.2, -0.15) is 10.2 Å². The zero-order valence-corrected chi connectivity index (χ0v) is 16.0. The smallest absolute Gasteiger partial charge is 0.312 e. The molecule has 0 aliphatic rings. The molecule has 28 heavy (non-hydrogen) atoms. The van der Waals surface area contributed by atoms with Crippen molar-refractivity contribution in [2.45, 2.75) is 40.4 Å². The Hall–Kier alpha value is -3.49. The molecule has 3 aromatic rings. The lowest BCUT2D eigenvalue weighted by Crippen LogP contribution is -2.24. The first-order valence-corrected chi connectivity index (χ1v) is 8.97. The number of hydrogen-bond acceptors (Lipinski definition) is 5. The van der Waals surface area contributed by atoms with Crippen LogP contribution in [0.5, 0.6) is 0 Å². The first-order chi connectivity index (χ1) is 13.4. The van der Waals surface area contributed by atoms with Crippen molar-refractivity contribution in [1.82, 2.24) is 24.9 Å². The van der Waals surface area contributed by atoms with Crippen molar-refractivity contribution in [1.29, 1.82) is 0 Å². The Labute approximate surface area is 162 Å². The van der Waals surface area contributed by atoms with E-state index in [9.17, 15) is 14.9 Å². The van der Waals surface area contributed by atoms with Crippen LogP contribution < -0.4 is 5.32 Å². The Morgan fingerprint density at radius 3 is 2.50 bits per heavy atom. The van der Waals surface area contributed by atoms with Gasteiger partial charge in [-0.3, -0.25) is 24.3 Å². The quantitative estimate of drug-likeness (QED) is 0.499. The van der Waals surface area contributed by atoms with Crippen LogP contribution in [0.3, 0.4) is 0 Å². The first-order valence-electron chi connectivity index (χ1n) is 8.97. The third-order valence-corrected chi connectivity index (χ3v) is 4.61. The lowest BCUT2D eigenvalue weighted by molar-refractivity contribution is -0.386. The maximum Gasteiger partial charge on any atom is 0.312 e. The number of hydrogen-bond donors (Lipinski definition) is 1. The number of carbonyl (C=O) groups excluding carboxylic acids is 1. The summed E-state index contributed by atoms with van der Waals surface area (Å²) in [6, 6.07) is 9.01. The molecule has 3 rings (SSSR count). The zero-order valence-electron chi connectivity index (χ0n) is 16.0. The molecule has 0 bridgehead atoms. The van der Waals surface area contributed by atoms with E-state index in [1.807, 2.05) is 29.8 Å². The minimum absolute atomic E-state index is 0.0438. The zero-order chi connectivity index (χ0) is 20.3. The number of nitrogens with zero attached hydrogens (tertiary/aromatic N) is 5. The predicted octanol–water partition coefficient (Wildman–Crippen LogP) is 2.60. The lowest BCUT2D eigenvalue weighted by atomic mass is 10.1. The van der Waals surface area contributed by atoms with Crippen LogP contribution in [0.4, 0.5) is 5.69 Å². The largest absolute Gasteiger partial charge is 0.346 e. The van der Waals surface area contributed by atoms with Gasteiger partial charge in [-0.1, -0.05) is 12.1 Å². The van der Waals surface area contributed by atoms with Crippen LogP contribution in [0.1, 0.15) is 39.9 Å². The molecule has 0 aliphatic carbocycles. The Balaban J connectivity index is 1.66. The van der Waals surface area contributed by atoms with Crippen molar-refractivity contribution in [3.63, 3.8) is 0 Å². The number of amides is 1. The van der Waals surface area contributed by atoms with E-state index in [0.29, 0.717) is 30.0 Å². The van der Waals surface area contributed by atoms with Crippen molar-refractivity contribution in [3.05, 3.63) is 74.9 Å². The van der Waals surface area contributed by atoms with Crippen LogP contribution in [0.15, 0.2) is 36.5 Å². The summed E-state index contributed by atoms with van der Waals surface area (Å²) in [4.78, 5) is 23.1. The van der Waals surface area contributed by atoms with Crippen molar-refractivity contribution in [2.24, 2.45) is 0 Å². The maximum atomic E-state index is 12.4. The van der Waals surface area contributed by atoms with E-state index in [2.05, 4.69) is 15.5 Å². The highest BCUT2D eigenvalue weighted by Crippen LogP contribution is 2.22. The maximum absolute atomic E-state index is 12.4. The molecule has 9 heteroatoms. The molecule has 0 atom stereocenters. The van der Waals surface area contributed by atoms with Crippen LogP contribution in [0.25, 0.3) is 0 Å². The number of carbonyl (C=O) groups is 1. The van der Waals surface area contributed by atoms with Gasteiger partial charge in [0, 0.05) is 18.3 Å². The Kier molecular flexibility index (Phi) is 5.53. The number of aryl methyl sites for hydroxylation is 2. The van der Waals surface area contributed by atoms with E-state index in [1.54, 1.807) is 36.9 Å². The van der Waals surface area contributed by atoms with Crippen molar-refractivity contribution in [2.75, 3.05) is 0 Å². The summed E-state index contributed by atoms with van der Waals surface area (Å²) < 4.78 is 3.44. The molecule has 0 fully saturated rings.